The molecule has 0 unspecified atom stereocenters. The van der Waals surface area contributed by atoms with Crippen molar-refractivity contribution in [3.63, 3.8) is 0 Å². The number of halogens is 1. The Morgan fingerprint density at radius 1 is 0.893 bits per heavy atom. The van der Waals surface area contributed by atoms with E-state index in [1.54, 1.807) is 6.07 Å². The van der Waals surface area contributed by atoms with Crippen molar-refractivity contribution in [3.05, 3.63) is 72.0 Å². The molecule has 0 spiro atoms. The molecule has 144 valence electrons. The maximum Gasteiger partial charge on any atom is 0.225 e. The van der Waals surface area contributed by atoms with Gasteiger partial charge in [-0.15, -0.1) is 0 Å². The van der Waals surface area contributed by atoms with Gasteiger partial charge in [0.1, 0.15) is 11.6 Å². The Balaban J connectivity index is 1.57. The molecule has 28 heavy (non-hydrogen) atoms. The predicted molar refractivity (Wildman–Crippen MR) is 112 cm³/mol. The van der Waals surface area contributed by atoms with Gasteiger partial charge >= 0.3 is 0 Å². The maximum atomic E-state index is 13.4. The fraction of sp³-hybridized carbons (Fsp3) is 0.304. The third-order valence-electron chi connectivity index (χ3n) is 5.10. The molecule has 4 rings (SSSR count). The summed E-state index contributed by atoms with van der Waals surface area (Å²) in [6.07, 6.45) is 6.13. The minimum Gasteiger partial charge on any atom is -0.366 e. The second-order valence-electron chi connectivity index (χ2n) is 7.29. The van der Waals surface area contributed by atoms with Crippen molar-refractivity contribution in [2.24, 2.45) is 0 Å². The second-order valence-corrected chi connectivity index (χ2v) is 7.29. The number of benzene rings is 2. The van der Waals surface area contributed by atoms with Crippen LogP contribution in [0.25, 0.3) is 11.3 Å². The Kier molecular flexibility index (Phi) is 5.80. The van der Waals surface area contributed by atoms with Gasteiger partial charge in [-0.2, -0.15) is 4.98 Å². The molecular weight excluding hydrogens is 351 g/mol. The van der Waals surface area contributed by atoms with Crippen LogP contribution < -0.4 is 10.6 Å². The van der Waals surface area contributed by atoms with Crippen LogP contribution in [-0.4, -0.2) is 16.0 Å². The molecular formula is C23H25FN4. The average molecular weight is 376 g/mol. The summed E-state index contributed by atoms with van der Waals surface area (Å²) in [6, 6.07) is 19.1. The smallest absolute Gasteiger partial charge is 0.225 e. The summed E-state index contributed by atoms with van der Waals surface area (Å²) < 4.78 is 13.4. The van der Waals surface area contributed by atoms with Crippen LogP contribution >= 0.6 is 0 Å². The summed E-state index contributed by atoms with van der Waals surface area (Å²) in [5.74, 6) is 1.15. The number of hydrogen-bond acceptors (Lipinski definition) is 4. The number of nitrogens with one attached hydrogen (secondary N) is 2. The number of aromatic nitrogens is 2. The summed E-state index contributed by atoms with van der Waals surface area (Å²) >= 11 is 0. The van der Waals surface area contributed by atoms with Crippen LogP contribution in [0.3, 0.4) is 0 Å². The average Bonchev–Trinajstić information content (AvgIpc) is 2.74. The highest BCUT2D eigenvalue weighted by molar-refractivity contribution is 5.64. The highest BCUT2D eigenvalue weighted by Crippen LogP contribution is 2.24. The molecule has 0 bridgehead atoms. The van der Waals surface area contributed by atoms with E-state index in [9.17, 15) is 4.39 Å². The van der Waals surface area contributed by atoms with Gasteiger partial charge in [0.15, 0.2) is 0 Å². The van der Waals surface area contributed by atoms with E-state index in [-0.39, 0.29) is 5.82 Å². The van der Waals surface area contributed by atoms with Crippen molar-refractivity contribution in [2.45, 2.75) is 44.7 Å². The highest BCUT2D eigenvalue weighted by atomic mass is 19.1. The van der Waals surface area contributed by atoms with Crippen LogP contribution in [0.15, 0.2) is 60.7 Å². The van der Waals surface area contributed by atoms with Gasteiger partial charge in [0.2, 0.25) is 5.95 Å². The molecule has 0 radical (unpaired) electrons. The molecule has 5 heteroatoms. The molecule has 0 amide bonds. The van der Waals surface area contributed by atoms with Crippen LogP contribution in [0.2, 0.25) is 0 Å². The minimum absolute atomic E-state index is 0.230. The van der Waals surface area contributed by atoms with Crippen LogP contribution in [-0.2, 0) is 6.54 Å². The Morgan fingerprint density at radius 3 is 2.50 bits per heavy atom. The molecule has 3 aromatic rings. The number of rotatable bonds is 6. The van der Waals surface area contributed by atoms with E-state index in [4.69, 9.17) is 4.98 Å². The summed E-state index contributed by atoms with van der Waals surface area (Å²) in [5.41, 5.74) is 2.79. The van der Waals surface area contributed by atoms with Crippen LogP contribution in [0.5, 0.6) is 0 Å². The van der Waals surface area contributed by atoms with E-state index < -0.39 is 0 Å². The molecule has 1 aromatic heterocycles. The number of hydrogen-bond donors (Lipinski definition) is 2. The van der Waals surface area contributed by atoms with Crippen molar-refractivity contribution < 1.29 is 4.39 Å². The first kappa shape index (κ1) is 18.4. The monoisotopic (exact) mass is 376 g/mol. The Bertz CT molecular complexity index is 907. The number of nitrogens with zero attached hydrogens (tertiary/aromatic N) is 2. The van der Waals surface area contributed by atoms with Gasteiger partial charge in [0.25, 0.3) is 0 Å². The first-order valence-corrected chi connectivity index (χ1v) is 9.96. The van der Waals surface area contributed by atoms with E-state index >= 15 is 0 Å². The van der Waals surface area contributed by atoms with E-state index in [0.717, 1.165) is 35.5 Å². The molecule has 1 saturated carbocycles. The van der Waals surface area contributed by atoms with E-state index in [1.807, 2.05) is 42.5 Å². The van der Waals surface area contributed by atoms with Crippen molar-refractivity contribution in [1.82, 2.24) is 9.97 Å². The Morgan fingerprint density at radius 2 is 1.71 bits per heavy atom. The van der Waals surface area contributed by atoms with Gasteiger partial charge in [0.05, 0.1) is 5.69 Å². The fourth-order valence-corrected chi connectivity index (χ4v) is 3.63. The van der Waals surface area contributed by atoms with Crippen LogP contribution in [0.1, 0.15) is 37.7 Å². The quantitative estimate of drug-likeness (QED) is 0.584. The molecule has 2 aromatic carbocycles. The molecule has 0 aliphatic heterocycles. The third-order valence-corrected chi connectivity index (χ3v) is 5.10. The first-order chi connectivity index (χ1) is 13.8. The molecule has 1 fully saturated rings. The van der Waals surface area contributed by atoms with E-state index in [1.165, 1.54) is 31.4 Å². The van der Waals surface area contributed by atoms with Gasteiger partial charge < -0.3 is 10.6 Å². The van der Waals surface area contributed by atoms with Crippen LogP contribution in [0.4, 0.5) is 16.2 Å². The fourth-order valence-electron chi connectivity index (χ4n) is 3.63. The molecule has 0 saturated heterocycles. The molecule has 2 N–H and O–H groups in total. The van der Waals surface area contributed by atoms with Gasteiger partial charge in [0, 0.05) is 24.2 Å². The SMILES string of the molecule is Fc1cccc(CNc2cc(-c3ccccc3)nc(NC3CCCCC3)n2)c1. The highest BCUT2D eigenvalue weighted by Gasteiger charge is 2.15. The van der Waals surface area contributed by atoms with Gasteiger partial charge in [-0.25, -0.2) is 9.37 Å². The lowest BCUT2D eigenvalue weighted by Gasteiger charge is -2.23. The topological polar surface area (TPSA) is 49.8 Å². The van der Waals surface area contributed by atoms with E-state index in [2.05, 4.69) is 15.6 Å². The van der Waals surface area contributed by atoms with Crippen molar-refractivity contribution in [3.8, 4) is 11.3 Å². The number of anilines is 2. The van der Waals surface area contributed by atoms with Crippen molar-refractivity contribution in [2.75, 3.05) is 10.6 Å². The Hall–Kier alpha value is -2.95. The predicted octanol–water partition coefficient (Wildman–Crippen LogP) is 5.64. The van der Waals surface area contributed by atoms with Crippen molar-refractivity contribution in [1.29, 1.82) is 0 Å². The maximum absolute atomic E-state index is 13.4. The summed E-state index contributed by atoms with van der Waals surface area (Å²) in [4.78, 5) is 9.41. The first-order valence-electron chi connectivity index (χ1n) is 9.96. The lowest BCUT2D eigenvalue weighted by molar-refractivity contribution is 0.461. The van der Waals surface area contributed by atoms with E-state index in [0.29, 0.717) is 18.5 Å². The van der Waals surface area contributed by atoms with Crippen molar-refractivity contribution >= 4 is 11.8 Å². The zero-order chi connectivity index (χ0) is 19.2. The third kappa shape index (κ3) is 4.85. The minimum atomic E-state index is -0.230. The lowest BCUT2D eigenvalue weighted by atomic mass is 9.96. The Labute approximate surface area is 165 Å². The lowest BCUT2D eigenvalue weighted by Crippen LogP contribution is -2.23. The second kappa shape index (κ2) is 8.83. The summed E-state index contributed by atoms with van der Waals surface area (Å²) in [6.45, 7) is 0.506. The van der Waals surface area contributed by atoms with Gasteiger partial charge in [-0.05, 0) is 30.5 Å². The molecule has 1 aliphatic carbocycles. The molecule has 1 heterocycles. The van der Waals surface area contributed by atoms with Crippen LogP contribution in [0, 0.1) is 5.82 Å². The molecule has 1 aliphatic rings. The molecule has 4 nitrogen and oxygen atoms in total. The summed E-state index contributed by atoms with van der Waals surface area (Å²) in [7, 11) is 0. The zero-order valence-electron chi connectivity index (χ0n) is 15.9. The standard InChI is InChI=1S/C23H25FN4/c24-19-11-7-8-17(14-19)16-25-22-15-21(18-9-3-1-4-10-18)27-23(28-22)26-20-12-5-2-6-13-20/h1,3-4,7-11,14-15,20H,2,5-6,12-13,16H2,(H2,25,26,27,28). The van der Waals surface area contributed by atoms with Gasteiger partial charge in [-0.1, -0.05) is 61.7 Å². The summed E-state index contributed by atoms with van der Waals surface area (Å²) in [5, 5.41) is 6.83. The molecule has 0 atom stereocenters. The zero-order valence-corrected chi connectivity index (χ0v) is 15.9. The largest absolute Gasteiger partial charge is 0.366 e. The normalized spacial score (nSPS) is 14.6. The van der Waals surface area contributed by atoms with Gasteiger partial charge in [-0.3, -0.25) is 0 Å².